The highest BCUT2D eigenvalue weighted by Gasteiger charge is 2.20. The first-order valence-corrected chi connectivity index (χ1v) is 5.07. The summed E-state index contributed by atoms with van der Waals surface area (Å²) in [5.74, 6) is 1.76. The topological polar surface area (TPSA) is 29.3 Å². The fourth-order valence-corrected chi connectivity index (χ4v) is 2.17. The molecule has 0 radical (unpaired) electrons. The number of hydrogen-bond donors (Lipinski definition) is 1. The Kier molecular flexibility index (Phi) is 4.02. The van der Waals surface area contributed by atoms with Crippen LogP contribution in [0.15, 0.2) is 0 Å². The monoisotopic (exact) mass is 170 g/mol. The Morgan fingerprint density at radius 1 is 1.08 bits per heavy atom. The lowest BCUT2D eigenvalue weighted by molar-refractivity contribution is 0.226. The van der Waals surface area contributed by atoms with Gasteiger partial charge in [0.05, 0.1) is 0 Å². The van der Waals surface area contributed by atoms with Crippen LogP contribution in [0.1, 0.15) is 25.7 Å². The van der Waals surface area contributed by atoms with Crippen LogP contribution in [0.2, 0.25) is 0 Å². The van der Waals surface area contributed by atoms with Crippen LogP contribution in [-0.2, 0) is 0 Å². The standard InChI is InChI=1S/C10H22N2/c1-12(2)8-10-5-3-9(7-11)4-6-10/h9-10H,3-8,11H2,1-2H3. The summed E-state index contributed by atoms with van der Waals surface area (Å²) in [6.45, 7) is 2.16. The van der Waals surface area contributed by atoms with Gasteiger partial charge in [-0.3, -0.25) is 0 Å². The van der Waals surface area contributed by atoms with Gasteiger partial charge in [-0.05, 0) is 58.2 Å². The van der Waals surface area contributed by atoms with E-state index >= 15 is 0 Å². The van der Waals surface area contributed by atoms with Crippen molar-refractivity contribution in [3.63, 3.8) is 0 Å². The molecule has 1 fully saturated rings. The summed E-state index contributed by atoms with van der Waals surface area (Å²) in [6, 6.07) is 0. The van der Waals surface area contributed by atoms with Gasteiger partial charge in [0.25, 0.3) is 0 Å². The fraction of sp³-hybridized carbons (Fsp3) is 1.00. The molecule has 1 saturated carbocycles. The van der Waals surface area contributed by atoms with Crippen LogP contribution in [0.3, 0.4) is 0 Å². The first-order valence-electron chi connectivity index (χ1n) is 5.07. The summed E-state index contributed by atoms with van der Waals surface area (Å²) in [5, 5.41) is 0. The average molecular weight is 170 g/mol. The van der Waals surface area contributed by atoms with Crippen molar-refractivity contribution in [3.05, 3.63) is 0 Å². The maximum Gasteiger partial charge on any atom is 0.000356 e. The summed E-state index contributed by atoms with van der Waals surface area (Å²) >= 11 is 0. The van der Waals surface area contributed by atoms with Crippen LogP contribution in [0.5, 0.6) is 0 Å². The van der Waals surface area contributed by atoms with Gasteiger partial charge in [0, 0.05) is 6.54 Å². The molecule has 72 valence electrons. The molecule has 0 atom stereocenters. The minimum Gasteiger partial charge on any atom is -0.330 e. The Morgan fingerprint density at radius 3 is 2.00 bits per heavy atom. The Balaban J connectivity index is 2.17. The summed E-state index contributed by atoms with van der Waals surface area (Å²) in [7, 11) is 4.32. The third-order valence-electron chi connectivity index (χ3n) is 2.92. The van der Waals surface area contributed by atoms with Crippen LogP contribution in [0.25, 0.3) is 0 Å². The molecule has 0 aliphatic heterocycles. The highest BCUT2D eigenvalue weighted by Crippen LogP contribution is 2.28. The van der Waals surface area contributed by atoms with Crippen molar-refractivity contribution in [2.75, 3.05) is 27.2 Å². The summed E-state index contributed by atoms with van der Waals surface area (Å²) < 4.78 is 0. The number of nitrogens with zero attached hydrogens (tertiary/aromatic N) is 1. The zero-order valence-corrected chi connectivity index (χ0v) is 8.42. The SMILES string of the molecule is CN(C)CC1CCC(CN)CC1. The molecule has 2 nitrogen and oxygen atoms in total. The fourth-order valence-electron chi connectivity index (χ4n) is 2.17. The van der Waals surface area contributed by atoms with Crippen LogP contribution in [0.4, 0.5) is 0 Å². The van der Waals surface area contributed by atoms with Crippen molar-refractivity contribution in [2.45, 2.75) is 25.7 Å². The smallest absolute Gasteiger partial charge is 0.000356 e. The normalized spacial score (nSPS) is 31.0. The van der Waals surface area contributed by atoms with Crippen LogP contribution in [-0.4, -0.2) is 32.1 Å². The van der Waals surface area contributed by atoms with Crippen molar-refractivity contribution in [3.8, 4) is 0 Å². The maximum atomic E-state index is 5.64. The molecule has 0 saturated heterocycles. The van der Waals surface area contributed by atoms with E-state index in [2.05, 4.69) is 19.0 Å². The van der Waals surface area contributed by atoms with E-state index in [0.717, 1.165) is 18.4 Å². The molecule has 2 N–H and O–H groups in total. The van der Waals surface area contributed by atoms with E-state index in [1.165, 1.54) is 32.2 Å². The van der Waals surface area contributed by atoms with Gasteiger partial charge in [0.2, 0.25) is 0 Å². The minimum atomic E-state index is 0.823. The molecule has 1 aliphatic rings. The van der Waals surface area contributed by atoms with Gasteiger partial charge in [-0.25, -0.2) is 0 Å². The molecule has 0 amide bonds. The second-order valence-corrected chi connectivity index (χ2v) is 4.38. The second-order valence-electron chi connectivity index (χ2n) is 4.38. The maximum absolute atomic E-state index is 5.64. The third-order valence-corrected chi connectivity index (χ3v) is 2.92. The summed E-state index contributed by atoms with van der Waals surface area (Å²) in [4.78, 5) is 2.30. The molecule has 0 bridgehead atoms. The van der Waals surface area contributed by atoms with Crippen molar-refractivity contribution in [1.29, 1.82) is 0 Å². The zero-order chi connectivity index (χ0) is 8.97. The Morgan fingerprint density at radius 2 is 1.58 bits per heavy atom. The Bertz CT molecular complexity index is 115. The van der Waals surface area contributed by atoms with E-state index in [9.17, 15) is 0 Å². The number of nitrogens with two attached hydrogens (primary N) is 1. The van der Waals surface area contributed by atoms with Crippen molar-refractivity contribution in [2.24, 2.45) is 17.6 Å². The lowest BCUT2D eigenvalue weighted by Crippen LogP contribution is -2.27. The molecule has 0 aromatic heterocycles. The molecular weight excluding hydrogens is 148 g/mol. The lowest BCUT2D eigenvalue weighted by Gasteiger charge is -2.29. The van der Waals surface area contributed by atoms with Gasteiger partial charge in [0.1, 0.15) is 0 Å². The van der Waals surface area contributed by atoms with Gasteiger partial charge in [-0.2, -0.15) is 0 Å². The van der Waals surface area contributed by atoms with Crippen molar-refractivity contribution < 1.29 is 0 Å². The van der Waals surface area contributed by atoms with Crippen molar-refractivity contribution >= 4 is 0 Å². The first kappa shape index (κ1) is 10.0. The zero-order valence-electron chi connectivity index (χ0n) is 8.42. The van der Waals surface area contributed by atoms with Crippen LogP contribution in [0, 0.1) is 11.8 Å². The molecule has 0 spiro atoms. The van der Waals surface area contributed by atoms with Crippen LogP contribution >= 0.6 is 0 Å². The molecule has 0 unspecified atom stereocenters. The first-order chi connectivity index (χ1) is 5.72. The van der Waals surface area contributed by atoms with Gasteiger partial charge in [-0.1, -0.05) is 0 Å². The van der Waals surface area contributed by atoms with Gasteiger partial charge < -0.3 is 10.6 Å². The molecule has 1 aliphatic carbocycles. The molecule has 0 aromatic rings. The molecule has 0 aromatic carbocycles. The number of hydrogen-bond acceptors (Lipinski definition) is 2. The third kappa shape index (κ3) is 3.11. The lowest BCUT2D eigenvalue weighted by atomic mass is 9.82. The molecule has 2 heteroatoms. The van der Waals surface area contributed by atoms with Gasteiger partial charge in [-0.15, -0.1) is 0 Å². The van der Waals surface area contributed by atoms with Crippen LogP contribution < -0.4 is 5.73 Å². The van der Waals surface area contributed by atoms with E-state index in [1.54, 1.807) is 0 Å². The van der Waals surface area contributed by atoms with E-state index in [-0.39, 0.29) is 0 Å². The average Bonchev–Trinajstić information content (AvgIpc) is 2.05. The van der Waals surface area contributed by atoms with E-state index in [1.807, 2.05) is 0 Å². The summed E-state index contributed by atoms with van der Waals surface area (Å²) in [5.41, 5.74) is 5.64. The van der Waals surface area contributed by atoms with E-state index in [0.29, 0.717) is 0 Å². The van der Waals surface area contributed by atoms with E-state index in [4.69, 9.17) is 5.73 Å². The minimum absolute atomic E-state index is 0.823. The predicted molar refractivity (Wildman–Crippen MR) is 53.1 cm³/mol. The number of rotatable bonds is 3. The van der Waals surface area contributed by atoms with Crippen molar-refractivity contribution in [1.82, 2.24) is 4.90 Å². The molecular formula is C10H22N2. The second kappa shape index (κ2) is 4.83. The Hall–Kier alpha value is -0.0800. The largest absolute Gasteiger partial charge is 0.330 e. The predicted octanol–water partition coefficient (Wildman–Crippen LogP) is 1.31. The van der Waals surface area contributed by atoms with E-state index < -0.39 is 0 Å². The Labute approximate surface area is 76.1 Å². The highest BCUT2D eigenvalue weighted by atomic mass is 15.1. The highest BCUT2D eigenvalue weighted by molar-refractivity contribution is 4.74. The molecule has 0 heterocycles. The van der Waals surface area contributed by atoms with Gasteiger partial charge >= 0.3 is 0 Å². The quantitative estimate of drug-likeness (QED) is 0.692. The molecule has 1 rings (SSSR count). The summed E-state index contributed by atoms with van der Waals surface area (Å²) in [6.07, 6.45) is 5.49. The molecule has 12 heavy (non-hydrogen) atoms. The van der Waals surface area contributed by atoms with Gasteiger partial charge in [0.15, 0.2) is 0 Å².